The van der Waals surface area contributed by atoms with Crippen molar-refractivity contribution in [1.29, 1.82) is 5.26 Å². The van der Waals surface area contributed by atoms with Gasteiger partial charge < -0.3 is 5.32 Å². The lowest BCUT2D eigenvalue weighted by Gasteiger charge is -2.15. The molecule has 5 nitrogen and oxygen atoms in total. The number of carbonyl (C=O) groups excluding carboxylic acids is 1. The van der Waals surface area contributed by atoms with E-state index in [9.17, 15) is 18.8 Å². The third-order valence-corrected chi connectivity index (χ3v) is 6.08. The van der Waals surface area contributed by atoms with Gasteiger partial charge in [0, 0.05) is 17.5 Å². The van der Waals surface area contributed by atoms with E-state index in [2.05, 4.69) is 28.6 Å². The molecule has 0 spiro atoms. The Balaban J connectivity index is 2.18. The minimum atomic E-state index is -1.03. The highest BCUT2D eigenvalue weighted by Crippen LogP contribution is 2.32. The Morgan fingerprint density at radius 3 is 2.73 bits per heavy atom. The van der Waals surface area contributed by atoms with Gasteiger partial charge in [-0.2, -0.15) is 0 Å². The summed E-state index contributed by atoms with van der Waals surface area (Å²) >= 11 is 5.58. The normalized spacial score (nSPS) is 11.0. The number of nitrogens with zero attached hydrogens (tertiary/aromatic N) is 3. The van der Waals surface area contributed by atoms with Crippen molar-refractivity contribution in [3.8, 4) is 5.97 Å². The number of benzene rings is 1. The smallest absolute Gasteiger partial charge is 0.318 e. The molecule has 1 heterocycles. The second-order valence-corrected chi connectivity index (χ2v) is 9.44. The Labute approximate surface area is 181 Å². The Hall–Kier alpha value is -2.36. The summed E-state index contributed by atoms with van der Waals surface area (Å²) in [7, 11) is -0.506. The van der Waals surface area contributed by atoms with Crippen LogP contribution in [0.4, 0.5) is 25.1 Å². The molecule has 0 radical (unpaired) electrons. The average molecular weight is 449 g/mol. The highest BCUT2D eigenvalue weighted by Gasteiger charge is 2.26. The molecule has 30 heavy (non-hydrogen) atoms. The average Bonchev–Trinajstić information content (AvgIpc) is 2.69. The van der Waals surface area contributed by atoms with E-state index >= 15 is 0 Å². The van der Waals surface area contributed by atoms with Gasteiger partial charge in [0.05, 0.1) is 11.4 Å². The van der Waals surface area contributed by atoms with Crippen molar-refractivity contribution < 1.29 is 13.6 Å². The van der Waals surface area contributed by atoms with Crippen molar-refractivity contribution >= 4 is 55.1 Å². The summed E-state index contributed by atoms with van der Waals surface area (Å²) in [5, 5.41) is 12.5. The summed E-state index contributed by atoms with van der Waals surface area (Å²) in [6.45, 7) is 6.75. The molecule has 1 aromatic heterocycles. The minimum absolute atomic E-state index is 0.0551. The second kappa shape index (κ2) is 10.6. The maximum atomic E-state index is 14.1. The number of halogens is 3. The number of rotatable bonds is 7. The van der Waals surface area contributed by atoms with Gasteiger partial charge in [-0.25, -0.2) is 19.0 Å². The van der Waals surface area contributed by atoms with Gasteiger partial charge in [-0.05, 0) is 57.6 Å². The molecular weight excluding hydrogens is 427 g/mol. The molecule has 0 saturated carbocycles. The molecule has 1 N–H and O–H groups in total. The molecule has 2 rings (SSSR count). The van der Waals surface area contributed by atoms with Crippen LogP contribution in [0.2, 0.25) is 11.3 Å². The predicted molar refractivity (Wildman–Crippen MR) is 121 cm³/mol. The number of hydrogen-bond acceptors (Lipinski definition) is 4. The van der Waals surface area contributed by atoms with Gasteiger partial charge in [-0.3, -0.25) is 9.79 Å². The minimum Gasteiger partial charge on any atom is -0.318 e. The number of anilines is 1. The van der Waals surface area contributed by atoms with Gasteiger partial charge in [0.2, 0.25) is 0 Å². The standard InChI is InChI=1S/C20H21BClF2N4OP/c1-5-26-19-12(2)27-16(10-15(19)30(3)4)28-20(29)21(11-25)9-8-13-6-7-14(23)17(22)18(13)24/h5-7,10H,8-9H2,1-4H3,(H,27,28,29)/b26-5-. The topological polar surface area (TPSA) is 78.1 Å². The number of hydrogen-bond donors (Lipinski definition) is 1. The van der Waals surface area contributed by atoms with E-state index < -0.39 is 37.1 Å². The van der Waals surface area contributed by atoms with Crippen LogP contribution in [0.5, 0.6) is 0 Å². The summed E-state index contributed by atoms with van der Waals surface area (Å²) in [6.07, 6.45) is 1.81. The van der Waals surface area contributed by atoms with Crippen molar-refractivity contribution in [2.45, 2.75) is 26.6 Å². The number of carbonyl (C=O) groups is 1. The fourth-order valence-electron chi connectivity index (χ4n) is 2.87. The molecule has 0 unspecified atom stereocenters. The lowest BCUT2D eigenvalue weighted by atomic mass is 9.47. The molecule has 0 atom stereocenters. The van der Waals surface area contributed by atoms with Crippen LogP contribution in [0.1, 0.15) is 18.2 Å². The van der Waals surface area contributed by atoms with Gasteiger partial charge >= 0.3 is 6.71 Å². The second-order valence-electron chi connectivity index (χ2n) is 6.79. The Morgan fingerprint density at radius 2 is 2.13 bits per heavy atom. The maximum Gasteiger partial charge on any atom is 0.372 e. The fraction of sp³-hybridized carbons (Fsp3) is 0.300. The monoisotopic (exact) mass is 448 g/mol. The Kier molecular flexibility index (Phi) is 8.46. The number of pyridine rings is 1. The van der Waals surface area contributed by atoms with Gasteiger partial charge in [-0.1, -0.05) is 25.6 Å². The Bertz CT molecular complexity index is 1030. The third kappa shape index (κ3) is 5.62. The van der Waals surface area contributed by atoms with Crippen LogP contribution < -0.4 is 10.6 Å². The quantitative estimate of drug-likeness (QED) is 0.269. The first-order chi connectivity index (χ1) is 14.2. The molecule has 2 aromatic rings. The summed E-state index contributed by atoms with van der Waals surface area (Å²) < 4.78 is 27.3. The Morgan fingerprint density at radius 1 is 1.43 bits per heavy atom. The van der Waals surface area contributed by atoms with E-state index in [1.54, 1.807) is 12.3 Å². The highest BCUT2D eigenvalue weighted by atomic mass is 35.5. The number of nitriles is 1. The molecule has 0 aliphatic carbocycles. The van der Waals surface area contributed by atoms with Crippen molar-refractivity contribution in [2.24, 2.45) is 4.99 Å². The third-order valence-electron chi connectivity index (χ3n) is 4.43. The first kappa shape index (κ1) is 23.9. The lowest BCUT2D eigenvalue weighted by molar-refractivity contribution is 0.268. The summed E-state index contributed by atoms with van der Waals surface area (Å²) in [4.78, 5) is 21.4. The van der Waals surface area contributed by atoms with Crippen molar-refractivity contribution in [1.82, 2.24) is 4.98 Å². The van der Waals surface area contributed by atoms with Crippen LogP contribution in [0, 0.1) is 29.8 Å². The van der Waals surface area contributed by atoms with Crippen molar-refractivity contribution in [3.05, 3.63) is 46.1 Å². The first-order valence-electron chi connectivity index (χ1n) is 9.20. The molecule has 10 heteroatoms. The van der Waals surface area contributed by atoms with E-state index in [0.29, 0.717) is 11.5 Å². The molecule has 1 amide bonds. The van der Waals surface area contributed by atoms with Crippen LogP contribution in [-0.2, 0) is 6.42 Å². The maximum absolute atomic E-state index is 14.1. The van der Waals surface area contributed by atoms with E-state index in [4.69, 9.17) is 11.6 Å². The van der Waals surface area contributed by atoms with Crippen LogP contribution in [0.25, 0.3) is 0 Å². The molecule has 0 bridgehead atoms. The number of aryl methyl sites for hydroxylation is 2. The molecule has 0 aliphatic heterocycles. The van der Waals surface area contributed by atoms with E-state index in [0.717, 1.165) is 17.1 Å². The highest BCUT2D eigenvalue weighted by molar-refractivity contribution is 7.64. The van der Waals surface area contributed by atoms with Crippen LogP contribution in [0.3, 0.4) is 0 Å². The number of nitrogens with one attached hydrogen (secondary N) is 1. The largest absolute Gasteiger partial charge is 0.372 e. The van der Waals surface area contributed by atoms with Gasteiger partial charge in [-0.15, -0.1) is 0 Å². The molecule has 0 aliphatic rings. The summed E-state index contributed by atoms with van der Waals surface area (Å²) in [5.41, 5.74) is 1.61. The SMILES string of the molecule is C/C=N\c1c(P(C)C)cc(NC(=O)B(C#N)CCc2ccc(F)c(Cl)c2F)nc1C. The molecular formula is C20H21BClF2N4OP. The molecule has 1 aromatic carbocycles. The zero-order valence-electron chi connectivity index (χ0n) is 17.1. The van der Waals surface area contributed by atoms with Crippen molar-refractivity contribution in [2.75, 3.05) is 18.6 Å². The zero-order chi connectivity index (χ0) is 22.4. The summed E-state index contributed by atoms with van der Waals surface area (Å²) in [5.74, 6) is 0.0129. The summed E-state index contributed by atoms with van der Waals surface area (Å²) in [6, 6.07) is 4.09. The number of aliphatic imine (C=N–C) groups is 1. The van der Waals surface area contributed by atoms with Crippen LogP contribution in [-0.4, -0.2) is 37.0 Å². The van der Waals surface area contributed by atoms with E-state index in [1.807, 2.05) is 19.8 Å². The fourth-order valence-corrected chi connectivity index (χ4v) is 4.08. The first-order valence-corrected chi connectivity index (χ1v) is 11.8. The zero-order valence-corrected chi connectivity index (χ0v) is 18.8. The predicted octanol–water partition coefficient (Wildman–Crippen LogP) is 5.32. The van der Waals surface area contributed by atoms with Crippen molar-refractivity contribution in [3.63, 3.8) is 0 Å². The lowest BCUT2D eigenvalue weighted by Crippen LogP contribution is -2.31. The van der Waals surface area contributed by atoms with Gasteiger partial charge in [0.15, 0.2) is 5.81 Å². The van der Waals surface area contributed by atoms with Crippen LogP contribution in [0.15, 0.2) is 23.2 Å². The molecule has 0 fully saturated rings. The molecule has 156 valence electrons. The van der Waals surface area contributed by atoms with E-state index in [-0.39, 0.29) is 18.3 Å². The van der Waals surface area contributed by atoms with E-state index in [1.165, 1.54) is 6.07 Å². The van der Waals surface area contributed by atoms with Crippen LogP contribution >= 0.6 is 19.5 Å². The van der Waals surface area contributed by atoms with Gasteiger partial charge in [0.25, 0.3) is 0 Å². The number of amides is 1. The molecule has 0 saturated heterocycles. The van der Waals surface area contributed by atoms with Gasteiger partial charge in [0.1, 0.15) is 22.5 Å². The number of aromatic nitrogens is 1.